The van der Waals surface area contributed by atoms with E-state index in [9.17, 15) is 10.2 Å². The quantitative estimate of drug-likeness (QED) is 0.811. The minimum Gasteiger partial charge on any atom is -0.388 e. The summed E-state index contributed by atoms with van der Waals surface area (Å²) in [4.78, 5) is 4.28. The van der Waals surface area contributed by atoms with Gasteiger partial charge in [-0.15, -0.1) is 0 Å². The molecule has 1 aromatic carbocycles. The fourth-order valence-electron chi connectivity index (χ4n) is 2.11. The van der Waals surface area contributed by atoms with Crippen molar-refractivity contribution in [2.45, 2.75) is 18.4 Å². The average molecular weight is 368 g/mol. The Labute approximate surface area is 126 Å². The topological polar surface area (TPSA) is 67.5 Å². The zero-order chi connectivity index (χ0) is 13.7. The molecule has 2 heterocycles. The van der Waals surface area contributed by atoms with Crippen LogP contribution in [0, 0.1) is 0 Å². The van der Waals surface area contributed by atoms with Crippen LogP contribution in [0.1, 0.15) is 6.23 Å². The van der Waals surface area contributed by atoms with E-state index in [4.69, 9.17) is 27.9 Å². The van der Waals surface area contributed by atoms with Crippen LogP contribution in [0.5, 0.6) is 0 Å². The fourth-order valence-corrected chi connectivity index (χ4v) is 3.01. The van der Waals surface area contributed by atoms with Crippen molar-refractivity contribution in [3.63, 3.8) is 0 Å². The molecule has 2 aromatic rings. The number of rotatable bonds is 1. The van der Waals surface area contributed by atoms with Crippen molar-refractivity contribution in [2.24, 2.45) is 0 Å². The molecule has 8 heteroatoms. The second-order valence-corrected chi connectivity index (χ2v) is 5.81. The number of ether oxygens (including phenoxy) is 1. The summed E-state index contributed by atoms with van der Waals surface area (Å²) in [6.45, 7) is 0.0687. The van der Waals surface area contributed by atoms with E-state index < -0.39 is 18.4 Å². The number of aliphatic hydroxyl groups excluding tert-OH is 2. The van der Waals surface area contributed by atoms with Crippen molar-refractivity contribution >= 4 is 50.2 Å². The highest BCUT2D eigenvalue weighted by Gasteiger charge is 2.37. The Bertz CT molecular complexity index is 648. The summed E-state index contributed by atoms with van der Waals surface area (Å²) in [6, 6.07) is 3.29. The number of fused-ring (bicyclic) bond motifs is 1. The predicted molar refractivity (Wildman–Crippen MR) is 74.5 cm³/mol. The van der Waals surface area contributed by atoms with Gasteiger partial charge >= 0.3 is 0 Å². The minimum absolute atomic E-state index is 0.0687. The maximum Gasteiger partial charge on any atom is 0.180 e. The van der Waals surface area contributed by atoms with Gasteiger partial charge in [0.25, 0.3) is 0 Å². The summed E-state index contributed by atoms with van der Waals surface area (Å²) in [5, 5.41) is 20.3. The van der Waals surface area contributed by atoms with E-state index in [1.807, 2.05) is 0 Å². The molecule has 1 aliphatic rings. The Morgan fingerprint density at radius 2 is 2.00 bits per heavy atom. The molecule has 3 atom stereocenters. The number of aromatic nitrogens is 2. The highest BCUT2D eigenvalue weighted by Crippen LogP contribution is 2.35. The summed E-state index contributed by atoms with van der Waals surface area (Å²) in [5.74, 6) is 0. The van der Waals surface area contributed by atoms with E-state index in [2.05, 4.69) is 20.9 Å². The van der Waals surface area contributed by atoms with Crippen LogP contribution in [0.3, 0.4) is 0 Å². The van der Waals surface area contributed by atoms with Crippen molar-refractivity contribution in [1.82, 2.24) is 9.55 Å². The minimum atomic E-state index is -1.02. The molecule has 1 fully saturated rings. The van der Waals surface area contributed by atoms with E-state index >= 15 is 0 Å². The predicted octanol–water partition coefficient (Wildman–Crippen LogP) is 2.36. The first-order valence-corrected chi connectivity index (χ1v) is 7.04. The highest BCUT2D eigenvalue weighted by molar-refractivity contribution is 9.10. The standard InChI is InChI=1S/C11H9BrCl2N2O3/c12-11-15-6-1-4(13)5(14)2-7(6)16(11)10-9(18)8(17)3-19-10/h1-2,8-10,17-18H,3H2/t8-,9-,10?/m1/s1. The first-order chi connectivity index (χ1) is 8.99. The molecule has 3 rings (SSSR count). The van der Waals surface area contributed by atoms with Crippen molar-refractivity contribution in [3.8, 4) is 0 Å². The second-order valence-electron chi connectivity index (χ2n) is 4.29. The van der Waals surface area contributed by atoms with E-state index in [-0.39, 0.29) is 6.61 Å². The number of hydrogen-bond acceptors (Lipinski definition) is 4. The molecule has 1 saturated heterocycles. The molecule has 19 heavy (non-hydrogen) atoms. The largest absolute Gasteiger partial charge is 0.388 e. The number of hydrogen-bond donors (Lipinski definition) is 2. The summed E-state index contributed by atoms with van der Waals surface area (Å²) >= 11 is 15.3. The number of halogens is 3. The van der Waals surface area contributed by atoms with Gasteiger partial charge in [0.1, 0.15) is 12.2 Å². The smallest absolute Gasteiger partial charge is 0.180 e. The van der Waals surface area contributed by atoms with Crippen LogP contribution in [0.15, 0.2) is 16.9 Å². The van der Waals surface area contributed by atoms with Crippen LogP contribution < -0.4 is 0 Å². The van der Waals surface area contributed by atoms with Crippen LogP contribution in [-0.2, 0) is 4.74 Å². The van der Waals surface area contributed by atoms with Crippen LogP contribution in [0.4, 0.5) is 0 Å². The molecule has 102 valence electrons. The normalized spacial score (nSPS) is 27.3. The average Bonchev–Trinajstić information content (AvgIpc) is 2.82. The summed E-state index contributed by atoms with van der Waals surface area (Å²) < 4.78 is 7.51. The molecular weight excluding hydrogens is 359 g/mol. The van der Waals surface area contributed by atoms with Gasteiger partial charge in [0.15, 0.2) is 11.0 Å². The lowest BCUT2D eigenvalue weighted by atomic mass is 10.2. The van der Waals surface area contributed by atoms with Crippen LogP contribution >= 0.6 is 39.1 Å². The van der Waals surface area contributed by atoms with E-state index in [1.165, 1.54) is 0 Å². The van der Waals surface area contributed by atoms with Gasteiger partial charge in [0, 0.05) is 0 Å². The molecular formula is C11H9BrCl2N2O3. The molecule has 1 aliphatic heterocycles. The van der Waals surface area contributed by atoms with Gasteiger partial charge in [0.2, 0.25) is 0 Å². The molecule has 0 saturated carbocycles. The number of benzene rings is 1. The van der Waals surface area contributed by atoms with Crippen molar-refractivity contribution in [1.29, 1.82) is 0 Å². The molecule has 5 nitrogen and oxygen atoms in total. The Kier molecular flexibility index (Phi) is 3.49. The monoisotopic (exact) mass is 366 g/mol. The number of nitrogens with zero attached hydrogens (tertiary/aromatic N) is 2. The van der Waals surface area contributed by atoms with Gasteiger partial charge in [-0.05, 0) is 28.1 Å². The Hall–Kier alpha value is -0.370. The van der Waals surface area contributed by atoms with Gasteiger partial charge in [-0.2, -0.15) is 0 Å². The lowest BCUT2D eigenvalue weighted by Gasteiger charge is -2.18. The van der Waals surface area contributed by atoms with Crippen LogP contribution in [-0.4, -0.2) is 38.6 Å². The molecule has 0 radical (unpaired) electrons. The van der Waals surface area contributed by atoms with E-state index in [1.54, 1.807) is 16.7 Å². The maximum atomic E-state index is 9.93. The lowest BCUT2D eigenvalue weighted by molar-refractivity contribution is -0.0172. The number of aliphatic hydroxyl groups is 2. The molecule has 1 aromatic heterocycles. The Balaban J connectivity index is 2.18. The van der Waals surface area contributed by atoms with Crippen LogP contribution in [0.25, 0.3) is 11.0 Å². The molecule has 1 unspecified atom stereocenters. The fraction of sp³-hybridized carbons (Fsp3) is 0.364. The third-order valence-corrected chi connectivity index (χ3v) is 4.35. The zero-order valence-electron chi connectivity index (χ0n) is 9.42. The third kappa shape index (κ3) is 2.16. The van der Waals surface area contributed by atoms with Crippen LogP contribution in [0.2, 0.25) is 10.0 Å². The summed E-state index contributed by atoms with van der Waals surface area (Å²) in [5.41, 5.74) is 1.29. The molecule has 0 amide bonds. The molecule has 2 N–H and O–H groups in total. The van der Waals surface area contributed by atoms with Gasteiger partial charge in [-0.1, -0.05) is 23.2 Å². The van der Waals surface area contributed by atoms with Gasteiger partial charge in [-0.3, -0.25) is 4.57 Å². The third-order valence-electron chi connectivity index (χ3n) is 3.07. The summed E-state index contributed by atoms with van der Waals surface area (Å²) in [6.07, 6.45) is -2.66. The summed E-state index contributed by atoms with van der Waals surface area (Å²) in [7, 11) is 0. The number of imidazole rings is 1. The molecule has 0 bridgehead atoms. The first-order valence-electron chi connectivity index (χ1n) is 5.49. The van der Waals surface area contributed by atoms with Gasteiger partial charge in [0.05, 0.1) is 27.7 Å². The second kappa shape index (κ2) is 4.87. The van der Waals surface area contributed by atoms with E-state index in [0.29, 0.717) is 25.8 Å². The van der Waals surface area contributed by atoms with Gasteiger partial charge < -0.3 is 14.9 Å². The Morgan fingerprint density at radius 1 is 1.32 bits per heavy atom. The molecule has 0 spiro atoms. The van der Waals surface area contributed by atoms with E-state index in [0.717, 1.165) is 0 Å². The highest BCUT2D eigenvalue weighted by atomic mass is 79.9. The molecule has 0 aliphatic carbocycles. The zero-order valence-corrected chi connectivity index (χ0v) is 12.5. The maximum absolute atomic E-state index is 9.93. The Morgan fingerprint density at radius 3 is 2.63 bits per heavy atom. The first kappa shape index (κ1) is 13.6. The SMILES string of the molecule is O[C@@H]1COC(n2c(Br)nc3cc(Cl)c(Cl)cc32)[C@@H]1O. The van der Waals surface area contributed by atoms with Crippen molar-refractivity contribution < 1.29 is 14.9 Å². The van der Waals surface area contributed by atoms with Crippen molar-refractivity contribution in [3.05, 3.63) is 26.9 Å². The van der Waals surface area contributed by atoms with Crippen molar-refractivity contribution in [2.75, 3.05) is 6.61 Å². The van der Waals surface area contributed by atoms with Gasteiger partial charge in [-0.25, -0.2) is 4.98 Å². The lowest BCUT2D eigenvalue weighted by Crippen LogP contribution is -2.28.